The van der Waals surface area contributed by atoms with Crippen LogP contribution in [0.1, 0.15) is 42.1 Å². The molecule has 1 aromatic heterocycles. The zero-order chi connectivity index (χ0) is 17.7. The summed E-state index contributed by atoms with van der Waals surface area (Å²) in [6, 6.07) is 10.8. The van der Waals surface area contributed by atoms with Crippen molar-refractivity contribution in [2.75, 3.05) is 12.4 Å². The smallest absolute Gasteiger partial charge is 0.221 e. The standard InChI is InChI=1S/C19H26N2O2S/c1-12(10-17-8-6-13(2)24-17)20-14(3)16-7-9-19(23-5)18(11-16)21-15(4)22/h6-9,11-12,14,20H,10H2,1-5H3,(H,21,22)/t12-,14+/m1/s1. The third-order valence-electron chi connectivity index (χ3n) is 3.87. The summed E-state index contributed by atoms with van der Waals surface area (Å²) in [5.41, 5.74) is 1.83. The topological polar surface area (TPSA) is 50.4 Å². The molecule has 2 rings (SSSR count). The Labute approximate surface area is 148 Å². The molecular formula is C19H26N2O2S. The summed E-state index contributed by atoms with van der Waals surface area (Å²) in [6.45, 7) is 7.97. The number of benzene rings is 1. The maximum atomic E-state index is 11.4. The molecule has 130 valence electrons. The van der Waals surface area contributed by atoms with Crippen molar-refractivity contribution in [1.29, 1.82) is 0 Å². The van der Waals surface area contributed by atoms with Crippen molar-refractivity contribution in [3.05, 3.63) is 45.6 Å². The van der Waals surface area contributed by atoms with Crippen LogP contribution < -0.4 is 15.4 Å². The third kappa shape index (κ3) is 5.08. The fraction of sp³-hybridized carbons (Fsp3) is 0.421. The molecule has 2 N–H and O–H groups in total. The minimum absolute atomic E-state index is 0.104. The lowest BCUT2D eigenvalue weighted by atomic mass is 10.1. The average molecular weight is 346 g/mol. The normalized spacial score (nSPS) is 13.4. The van der Waals surface area contributed by atoms with E-state index in [1.807, 2.05) is 29.5 Å². The summed E-state index contributed by atoms with van der Waals surface area (Å²) in [5.74, 6) is 0.566. The van der Waals surface area contributed by atoms with E-state index in [0.29, 0.717) is 17.5 Å². The number of hydrogen-bond donors (Lipinski definition) is 2. The molecule has 0 saturated heterocycles. The highest BCUT2D eigenvalue weighted by atomic mass is 32.1. The molecule has 0 spiro atoms. The summed E-state index contributed by atoms with van der Waals surface area (Å²) in [6.07, 6.45) is 1.01. The first-order valence-corrected chi connectivity index (χ1v) is 8.97. The number of carbonyl (C=O) groups is 1. The van der Waals surface area contributed by atoms with E-state index in [9.17, 15) is 4.79 Å². The largest absolute Gasteiger partial charge is 0.495 e. The van der Waals surface area contributed by atoms with Gasteiger partial charge in [0.1, 0.15) is 5.75 Å². The van der Waals surface area contributed by atoms with Crippen LogP contribution in [0.3, 0.4) is 0 Å². The zero-order valence-corrected chi connectivity index (χ0v) is 15.8. The molecule has 1 amide bonds. The van der Waals surface area contributed by atoms with Crippen LogP contribution in [0.4, 0.5) is 5.69 Å². The van der Waals surface area contributed by atoms with Gasteiger partial charge < -0.3 is 15.4 Å². The van der Waals surface area contributed by atoms with Gasteiger partial charge in [-0.1, -0.05) is 6.07 Å². The molecule has 5 heteroatoms. The SMILES string of the molecule is COc1ccc([C@H](C)N[C@H](C)Cc2ccc(C)s2)cc1NC(C)=O. The minimum atomic E-state index is -0.104. The molecule has 0 unspecified atom stereocenters. The number of rotatable bonds is 7. The van der Waals surface area contributed by atoms with Gasteiger partial charge in [0.25, 0.3) is 0 Å². The number of nitrogens with one attached hydrogen (secondary N) is 2. The van der Waals surface area contributed by atoms with Gasteiger partial charge in [-0.2, -0.15) is 0 Å². The highest BCUT2D eigenvalue weighted by Gasteiger charge is 2.13. The van der Waals surface area contributed by atoms with Crippen molar-refractivity contribution < 1.29 is 9.53 Å². The number of carbonyl (C=O) groups excluding carboxylic acids is 1. The third-order valence-corrected chi connectivity index (χ3v) is 4.90. The summed E-state index contributed by atoms with van der Waals surface area (Å²) >= 11 is 1.85. The van der Waals surface area contributed by atoms with Gasteiger partial charge in [-0.05, 0) is 57.0 Å². The molecule has 2 aromatic rings. The van der Waals surface area contributed by atoms with E-state index in [2.05, 4.69) is 43.5 Å². The predicted octanol–water partition coefficient (Wildman–Crippen LogP) is 4.31. The fourth-order valence-electron chi connectivity index (χ4n) is 2.76. The van der Waals surface area contributed by atoms with Gasteiger partial charge in [-0.15, -0.1) is 11.3 Å². The molecule has 0 radical (unpaired) electrons. The van der Waals surface area contributed by atoms with Crippen molar-refractivity contribution >= 4 is 22.9 Å². The van der Waals surface area contributed by atoms with Crippen LogP contribution in [0.2, 0.25) is 0 Å². The van der Waals surface area contributed by atoms with Crippen LogP contribution in [0, 0.1) is 6.92 Å². The number of aryl methyl sites for hydroxylation is 1. The Morgan fingerprint density at radius 1 is 1.25 bits per heavy atom. The molecule has 2 atom stereocenters. The molecule has 0 aliphatic heterocycles. The first-order valence-electron chi connectivity index (χ1n) is 8.16. The molecule has 0 saturated carbocycles. The molecule has 0 fully saturated rings. The summed E-state index contributed by atoms with van der Waals surface area (Å²) in [7, 11) is 1.60. The highest BCUT2D eigenvalue weighted by Crippen LogP contribution is 2.28. The van der Waals surface area contributed by atoms with Crippen LogP contribution in [0.5, 0.6) is 5.75 Å². The van der Waals surface area contributed by atoms with Crippen LogP contribution in [-0.2, 0) is 11.2 Å². The Bertz CT molecular complexity index is 696. The van der Waals surface area contributed by atoms with Gasteiger partial charge in [0, 0.05) is 28.8 Å². The number of hydrogen-bond acceptors (Lipinski definition) is 4. The van der Waals surface area contributed by atoms with Crippen LogP contribution >= 0.6 is 11.3 Å². The van der Waals surface area contributed by atoms with Crippen molar-refractivity contribution in [3.8, 4) is 5.75 Å². The Hall–Kier alpha value is -1.85. The number of ether oxygens (including phenoxy) is 1. The van der Waals surface area contributed by atoms with Crippen LogP contribution in [0.25, 0.3) is 0 Å². The molecule has 4 nitrogen and oxygen atoms in total. The monoisotopic (exact) mass is 346 g/mol. The maximum Gasteiger partial charge on any atom is 0.221 e. The minimum Gasteiger partial charge on any atom is -0.495 e. The second-order valence-corrected chi connectivity index (χ2v) is 7.52. The van der Waals surface area contributed by atoms with Crippen molar-refractivity contribution in [2.45, 2.75) is 46.2 Å². The van der Waals surface area contributed by atoms with E-state index in [0.717, 1.165) is 12.0 Å². The van der Waals surface area contributed by atoms with Gasteiger partial charge in [0.2, 0.25) is 5.91 Å². The first kappa shape index (κ1) is 18.5. The lowest BCUT2D eigenvalue weighted by Gasteiger charge is -2.21. The summed E-state index contributed by atoms with van der Waals surface area (Å²) in [4.78, 5) is 14.1. The number of amides is 1. The second kappa shape index (κ2) is 8.31. The quantitative estimate of drug-likeness (QED) is 0.785. The Morgan fingerprint density at radius 3 is 2.58 bits per heavy atom. The lowest BCUT2D eigenvalue weighted by Crippen LogP contribution is -2.30. The molecule has 0 aliphatic carbocycles. The second-order valence-electron chi connectivity index (χ2n) is 6.15. The van der Waals surface area contributed by atoms with E-state index in [1.54, 1.807) is 7.11 Å². The Morgan fingerprint density at radius 2 is 2.00 bits per heavy atom. The van der Waals surface area contributed by atoms with E-state index in [-0.39, 0.29) is 11.9 Å². The molecule has 0 bridgehead atoms. The Balaban J connectivity index is 2.05. The molecular weight excluding hydrogens is 320 g/mol. The lowest BCUT2D eigenvalue weighted by molar-refractivity contribution is -0.114. The Kier molecular flexibility index (Phi) is 6.40. The number of anilines is 1. The molecule has 1 heterocycles. The predicted molar refractivity (Wildman–Crippen MR) is 101 cm³/mol. The summed E-state index contributed by atoms with van der Waals surface area (Å²) < 4.78 is 5.31. The first-order chi connectivity index (χ1) is 11.4. The van der Waals surface area contributed by atoms with Gasteiger partial charge in [0.15, 0.2) is 0 Å². The van der Waals surface area contributed by atoms with E-state index < -0.39 is 0 Å². The van der Waals surface area contributed by atoms with Crippen molar-refractivity contribution in [3.63, 3.8) is 0 Å². The maximum absolute atomic E-state index is 11.4. The van der Waals surface area contributed by atoms with Crippen molar-refractivity contribution in [1.82, 2.24) is 5.32 Å². The van der Waals surface area contributed by atoms with E-state index >= 15 is 0 Å². The van der Waals surface area contributed by atoms with Gasteiger partial charge in [-0.25, -0.2) is 0 Å². The van der Waals surface area contributed by atoms with Gasteiger partial charge in [-0.3, -0.25) is 4.79 Å². The van der Waals surface area contributed by atoms with E-state index in [4.69, 9.17) is 4.74 Å². The van der Waals surface area contributed by atoms with E-state index in [1.165, 1.54) is 16.7 Å². The van der Waals surface area contributed by atoms with Crippen LogP contribution in [-0.4, -0.2) is 19.1 Å². The molecule has 24 heavy (non-hydrogen) atoms. The zero-order valence-electron chi connectivity index (χ0n) is 15.0. The van der Waals surface area contributed by atoms with Crippen molar-refractivity contribution in [2.24, 2.45) is 0 Å². The average Bonchev–Trinajstić information content (AvgIpc) is 2.91. The van der Waals surface area contributed by atoms with Gasteiger partial charge >= 0.3 is 0 Å². The molecule has 1 aromatic carbocycles. The molecule has 0 aliphatic rings. The van der Waals surface area contributed by atoms with Gasteiger partial charge in [0.05, 0.1) is 12.8 Å². The highest BCUT2D eigenvalue weighted by molar-refractivity contribution is 7.11. The fourth-order valence-corrected chi connectivity index (χ4v) is 3.78. The van der Waals surface area contributed by atoms with Crippen LogP contribution in [0.15, 0.2) is 30.3 Å². The summed E-state index contributed by atoms with van der Waals surface area (Å²) in [5, 5.41) is 6.45. The number of thiophene rings is 1. The number of methoxy groups -OCH3 is 1.